The molecule has 0 saturated carbocycles. The fraction of sp³-hybridized carbons (Fsp3) is 0.429. The van der Waals surface area contributed by atoms with Crippen LogP contribution in [0.5, 0.6) is 0 Å². The summed E-state index contributed by atoms with van der Waals surface area (Å²) in [5.41, 5.74) is 0.952. The SMILES string of the molecule is Cc1ccc(S(=O)(=O)CCC(=O)OC2CCOC2=O)cc1. The molecule has 1 aliphatic heterocycles. The molecule has 1 aliphatic rings. The van der Waals surface area contributed by atoms with Crippen LogP contribution in [0.25, 0.3) is 0 Å². The average Bonchev–Trinajstić information content (AvgIpc) is 2.83. The molecule has 1 saturated heterocycles. The van der Waals surface area contributed by atoms with Crippen LogP contribution in [0.2, 0.25) is 0 Å². The van der Waals surface area contributed by atoms with Crippen molar-refractivity contribution in [1.82, 2.24) is 0 Å². The number of benzene rings is 1. The first kappa shape index (κ1) is 15.5. The van der Waals surface area contributed by atoms with Crippen molar-refractivity contribution >= 4 is 21.8 Å². The van der Waals surface area contributed by atoms with Crippen LogP contribution in [0.15, 0.2) is 29.2 Å². The fourth-order valence-electron chi connectivity index (χ4n) is 1.88. The summed E-state index contributed by atoms with van der Waals surface area (Å²) in [5.74, 6) is -1.64. The molecule has 0 radical (unpaired) electrons. The molecule has 1 heterocycles. The lowest BCUT2D eigenvalue weighted by molar-refractivity contribution is -0.159. The molecule has 21 heavy (non-hydrogen) atoms. The Morgan fingerprint density at radius 3 is 2.57 bits per heavy atom. The van der Waals surface area contributed by atoms with E-state index in [4.69, 9.17) is 4.74 Å². The largest absolute Gasteiger partial charge is 0.463 e. The van der Waals surface area contributed by atoms with Crippen LogP contribution in [0.4, 0.5) is 0 Å². The molecular formula is C14H16O6S. The lowest BCUT2D eigenvalue weighted by Crippen LogP contribution is -2.24. The van der Waals surface area contributed by atoms with E-state index in [-0.39, 0.29) is 23.7 Å². The number of sulfone groups is 1. The molecular weight excluding hydrogens is 296 g/mol. The van der Waals surface area contributed by atoms with Gasteiger partial charge in [0.1, 0.15) is 0 Å². The van der Waals surface area contributed by atoms with Crippen molar-refractivity contribution in [2.75, 3.05) is 12.4 Å². The first-order chi connectivity index (χ1) is 9.88. The highest BCUT2D eigenvalue weighted by molar-refractivity contribution is 7.91. The number of cyclic esters (lactones) is 1. The van der Waals surface area contributed by atoms with Crippen molar-refractivity contribution in [2.45, 2.75) is 30.8 Å². The van der Waals surface area contributed by atoms with Gasteiger partial charge >= 0.3 is 11.9 Å². The number of hydrogen-bond donors (Lipinski definition) is 0. The van der Waals surface area contributed by atoms with Crippen LogP contribution in [0.1, 0.15) is 18.4 Å². The summed E-state index contributed by atoms with van der Waals surface area (Å²) in [4.78, 5) is 22.9. The standard InChI is InChI=1S/C14H16O6S/c1-10-2-4-11(5-3-10)21(17,18)9-7-13(15)20-12-6-8-19-14(12)16/h2-5,12H,6-9H2,1H3. The molecule has 2 rings (SSSR count). The maximum absolute atomic E-state index is 12.1. The Morgan fingerprint density at radius 1 is 1.33 bits per heavy atom. The summed E-state index contributed by atoms with van der Waals surface area (Å²) < 4.78 is 33.7. The van der Waals surface area contributed by atoms with Crippen LogP contribution in [0.3, 0.4) is 0 Å². The number of rotatable bonds is 5. The molecule has 1 unspecified atom stereocenters. The van der Waals surface area contributed by atoms with Gasteiger partial charge in [-0.3, -0.25) is 4.79 Å². The molecule has 1 aromatic rings. The number of carbonyl (C=O) groups is 2. The van der Waals surface area contributed by atoms with E-state index in [1.807, 2.05) is 6.92 Å². The van der Waals surface area contributed by atoms with E-state index in [9.17, 15) is 18.0 Å². The predicted molar refractivity (Wildman–Crippen MR) is 73.3 cm³/mol. The van der Waals surface area contributed by atoms with Crippen molar-refractivity contribution < 1.29 is 27.5 Å². The minimum Gasteiger partial charge on any atom is -0.463 e. The topological polar surface area (TPSA) is 86.7 Å². The molecule has 0 aromatic heterocycles. The van der Waals surface area contributed by atoms with E-state index >= 15 is 0 Å². The molecule has 1 atom stereocenters. The van der Waals surface area contributed by atoms with E-state index in [0.717, 1.165) is 5.56 Å². The molecule has 1 aromatic carbocycles. The summed E-state index contributed by atoms with van der Waals surface area (Å²) in [5, 5.41) is 0. The highest BCUT2D eigenvalue weighted by Gasteiger charge is 2.30. The smallest absolute Gasteiger partial charge is 0.347 e. The van der Waals surface area contributed by atoms with Gasteiger partial charge in [-0.2, -0.15) is 0 Å². The van der Waals surface area contributed by atoms with E-state index in [1.165, 1.54) is 12.1 Å². The monoisotopic (exact) mass is 312 g/mol. The molecule has 6 nitrogen and oxygen atoms in total. The summed E-state index contributed by atoms with van der Waals surface area (Å²) in [6.07, 6.45) is -0.880. The van der Waals surface area contributed by atoms with Crippen LogP contribution in [0, 0.1) is 6.92 Å². The second kappa shape index (κ2) is 6.26. The number of ether oxygens (including phenoxy) is 2. The van der Waals surface area contributed by atoms with Crippen LogP contribution >= 0.6 is 0 Å². The maximum Gasteiger partial charge on any atom is 0.347 e. The number of aryl methyl sites for hydroxylation is 1. The normalized spacial score (nSPS) is 18.3. The van der Waals surface area contributed by atoms with Crippen molar-refractivity contribution in [2.24, 2.45) is 0 Å². The van der Waals surface area contributed by atoms with Gasteiger partial charge in [0, 0.05) is 6.42 Å². The van der Waals surface area contributed by atoms with E-state index in [2.05, 4.69) is 4.74 Å². The van der Waals surface area contributed by atoms with Gasteiger partial charge in [-0.25, -0.2) is 13.2 Å². The summed E-state index contributed by atoms with van der Waals surface area (Å²) >= 11 is 0. The Kier molecular flexibility index (Phi) is 4.62. The van der Waals surface area contributed by atoms with Gasteiger partial charge in [0.25, 0.3) is 0 Å². The Balaban J connectivity index is 1.90. The van der Waals surface area contributed by atoms with Crippen LogP contribution in [-0.2, 0) is 28.9 Å². The number of hydrogen-bond acceptors (Lipinski definition) is 6. The molecule has 0 bridgehead atoms. The van der Waals surface area contributed by atoms with Crippen molar-refractivity contribution in [3.05, 3.63) is 29.8 Å². The third-order valence-electron chi connectivity index (χ3n) is 3.12. The summed E-state index contributed by atoms with van der Waals surface area (Å²) in [7, 11) is -3.54. The predicted octanol–water partition coefficient (Wildman–Crippen LogP) is 1.02. The van der Waals surface area contributed by atoms with Crippen molar-refractivity contribution in [1.29, 1.82) is 0 Å². The average molecular weight is 312 g/mol. The zero-order valence-corrected chi connectivity index (χ0v) is 12.4. The van der Waals surface area contributed by atoms with Gasteiger partial charge in [-0.15, -0.1) is 0 Å². The minimum atomic E-state index is -3.54. The Labute approximate surface area is 123 Å². The van der Waals surface area contributed by atoms with E-state index in [1.54, 1.807) is 12.1 Å². The second-order valence-electron chi connectivity index (χ2n) is 4.82. The Morgan fingerprint density at radius 2 is 2.00 bits per heavy atom. The lowest BCUT2D eigenvalue weighted by atomic mass is 10.2. The van der Waals surface area contributed by atoms with Crippen LogP contribution in [-0.4, -0.2) is 38.8 Å². The zero-order valence-electron chi connectivity index (χ0n) is 11.6. The third-order valence-corrected chi connectivity index (χ3v) is 4.85. The Bertz CT molecular complexity index is 632. The summed E-state index contributed by atoms with van der Waals surface area (Å²) in [6, 6.07) is 6.40. The van der Waals surface area contributed by atoms with Gasteiger partial charge in [-0.1, -0.05) is 17.7 Å². The van der Waals surface area contributed by atoms with Gasteiger partial charge in [-0.05, 0) is 19.1 Å². The van der Waals surface area contributed by atoms with Gasteiger partial charge in [0.05, 0.1) is 23.7 Å². The minimum absolute atomic E-state index is 0.168. The summed E-state index contributed by atoms with van der Waals surface area (Å²) in [6.45, 7) is 2.08. The van der Waals surface area contributed by atoms with Crippen molar-refractivity contribution in [3.8, 4) is 0 Å². The highest BCUT2D eigenvalue weighted by atomic mass is 32.2. The van der Waals surface area contributed by atoms with Crippen LogP contribution < -0.4 is 0 Å². The number of carbonyl (C=O) groups excluding carboxylic acids is 2. The third kappa shape index (κ3) is 4.04. The molecule has 0 N–H and O–H groups in total. The van der Waals surface area contributed by atoms with Gasteiger partial charge < -0.3 is 9.47 Å². The molecule has 0 amide bonds. The molecule has 114 valence electrons. The molecule has 0 aliphatic carbocycles. The van der Waals surface area contributed by atoms with Gasteiger partial charge in [0.15, 0.2) is 9.84 Å². The van der Waals surface area contributed by atoms with E-state index in [0.29, 0.717) is 6.42 Å². The lowest BCUT2D eigenvalue weighted by Gasteiger charge is -2.08. The Hall–Kier alpha value is -1.89. The fourth-order valence-corrected chi connectivity index (χ4v) is 3.10. The quantitative estimate of drug-likeness (QED) is 0.754. The molecule has 1 fully saturated rings. The highest BCUT2D eigenvalue weighted by Crippen LogP contribution is 2.15. The first-order valence-electron chi connectivity index (χ1n) is 6.54. The zero-order chi connectivity index (χ0) is 15.5. The second-order valence-corrected chi connectivity index (χ2v) is 6.93. The maximum atomic E-state index is 12.1. The van der Waals surface area contributed by atoms with Gasteiger partial charge in [0.2, 0.25) is 6.10 Å². The number of esters is 2. The van der Waals surface area contributed by atoms with Crippen molar-refractivity contribution in [3.63, 3.8) is 0 Å². The first-order valence-corrected chi connectivity index (χ1v) is 8.19. The van der Waals surface area contributed by atoms with E-state index < -0.39 is 27.9 Å². The molecule has 0 spiro atoms. The molecule has 7 heteroatoms.